The van der Waals surface area contributed by atoms with Gasteiger partial charge in [-0.15, -0.1) is 11.8 Å². The first-order valence-corrected chi connectivity index (χ1v) is 6.43. The van der Waals surface area contributed by atoms with Crippen molar-refractivity contribution in [2.75, 3.05) is 11.5 Å². The summed E-state index contributed by atoms with van der Waals surface area (Å²) in [6.45, 7) is 2.18. The monoisotopic (exact) mass is 219 g/mol. The molecule has 0 amide bonds. The number of hydrogen-bond acceptors (Lipinski definition) is 4. The highest BCUT2D eigenvalue weighted by atomic mass is 32.2. The van der Waals surface area contributed by atoms with E-state index in [2.05, 4.69) is 12.2 Å². The Labute approximate surface area is 86.0 Å². The molecule has 2 heterocycles. The molecule has 2 saturated heterocycles. The summed E-state index contributed by atoms with van der Waals surface area (Å²) in [7, 11) is 0. The standard InChI is InChI=1S/C8H13NO2S2/c1-5-8(2-3-12-5)9-6(4-13-8)7(10)11/h5-6,9H,2-4H2,1H3,(H,10,11)/t5?,6-,8?/m1/s1. The van der Waals surface area contributed by atoms with Gasteiger partial charge in [0.05, 0.1) is 4.87 Å². The van der Waals surface area contributed by atoms with Crippen LogP contribution < -0.4 is 5.32 Å². The Balaban J connectivity index is 2.07. The van der Waals surface area contributed by atoms with Crippen LogP contribution in [-0.4, -0.2) is 38.7 Å². The van der Waals surface area contributed by atoms with Gasteiger partial charge in [0.2, 0.25) is 0 Å². The maximum absolute atomic E-state index is 10.8. The Kier molecular flexibility index (Phi) is 2.51. The molecule has 13 heavy (non-hydrogen) atoms. The van der Waals surface area contributed by atoms with Crippen molar-refractivity contribution in [2.45, 2.75) is 29.5 Å². The summed E-state index contributed by atoms with van der Waals surface area (Å²) in [5, 5.41) is 12.6. The molecule has 0 aromatic carbocycles. The molecule has 2 N–H and O–H groups in total. The van der Waals surface area contributed by atoms with Gasteiger partial charge in [-0.1, -0.05) is 6.92 Å². The van der Waals surface area contributed by atoms with Gasteiger partial charge in [-0.3, -0.25) is 10.1 Å². The predicted molar refractivity (Wildman–Crippen MR) is 56.3 cm³/mol. The Bertz CT molecular complexity index is 236. The number of carbonyl (C=O) groups is 1. The summed E-state index contributed by atoms with van der Waals surface area (Å²) in [6, 6.07) is -0.342. The highest BCUT2D eigenvalue weighted by molar-refractivity contribution is 8.05. The number of carboxylic acid groups (broad SMARTS) is 1. The van der Waals surface area contributed by atoms with E-state index in [-0.39, 0.29) is 10.9 Å². The molecule has 0 aromatic heterocycles. The van der Waals surface area contributed by atoms with Crippen molar-refractivity contribution >= 4 is 29.5 Å². The van der Waals surface area contributed by atoms with Crippen molar-refractivity contribution in [3.63, 3.8) is 0 Å². The molecule has 2 unspecified atom stereocenters. The lowest BCUT2D eigenvalue weighted by atomic mass is 10.1. The molecule has 3 atom stereocenters. The van der Waals surface area contributed by atoms with E-state index in [0.717, 1.165) is 12.2 Å². The number of thioether (sulfide) groups is 2. The molecule has 2 aliphatic rings. The van der Waals surface area contributed by atoms with E-state index in [1.54, 1.807) is 11.8 Å². The van der Waals surface area contributed by atoms with Gasteiger partial charge in [0.25, 0.3) is 0 Å². The number of rotatable bonds is 1. The first kappa shape index (κ1) is 9.68. The fourth-order valence-electron chi connectivity index (χ4n) is 1.85. The number of aliphatic carboxylic acids is 1. The topological polar surface area (TPSA) is 49.3 Å². The van der Waals surface area contributed by atoms with Crippen LogP contribution in [0.5, 0.6) is 0 Å². The van der Waals surface area contributed by atoms with Gasteiger partial charge in [-0.2, -0.15) is 11.8 Å². The zero-order chi connectivity index (χ0) is 9.47. The molecule has 2 rings (SSSR count). The average molecular weight is 219 g/mol. The van der Waals surface area contributed by atoms with Crippen LogP contribution in [0.3, 0.4) is 0 Å². The second-order valence-electron chi connectivity index (χ2n) is 3.50. The minimum absolute atomic E-state index is 0.0493. The van der Waals surface area contributed by atoms with Crippen molar-refractivity contribution in [3.05, 3.63) is 0 Å². The molecular weight excluding hydrogens is 206 g/mol. The molecule has 0 saturated carbocycles. The quantitative estimate of drug-likeness (QED) is 0.689. The lowest BCUT2D eigenvalue weighted by Crippen LogP contribution is -2.48. The molecule has 0 radical (unpaired) electrons. The highest BCUT2D eigenvalue weighted by Gasteiger charge is 2.48. The average Bonchev–Trinajstić information content (AvgIpc) is 2.63. The van der Waals surface area contributed by atoms with E-state index >= 15 is 0 Å². The largest absolute Gasteiger partial charge is 0.480 e. The molecule has 5 heteroatoms. The zero-order valence-corrected chi connectivity index (χ0v) is 9.08. The van der Waals surface area contributed by atoms with Crippen LogP contribution in [-0.2, 0) is 4.79 Å². The van der Waals surface area contributed by atoms with Gasteiger partial charge in [-0.05, 0) is 12.2 Å². The van der Waals surface area contributed by atoms with Gasteiger partial charge in [0.15, 0.2) is 0 Å². The Morgan fingerprint density at radius 2 is 2.46 bits per heavy atom. The smallest absolute Gasteiger partial charge is 0.321 e. The summed E-state index contributed by atoms with van der Waals surface area (Å²) in [6.07, 6.45) is 1.09. The number of carboxylic acids is 1. The van der Waals surface area contributed by atoms with E-state index in [1.807, 2.05) is 11.8 Å². The third-order valence-corrected chi connectivity index (χ3v) is 5.90. The van der Waals surface area contributed by atoms with E-state index in [0.29, 0.717) is 11.0 Å². The SMILES string of the molecule is CC1SCCC12N[C@@H](C(=O)O)CS2. The van der Waals surface area contributed by atoms with E-state index in [1.165, 1.54) is 0 Å². The van der Waals surface area contributed by atoms with Gasteiger partial charge in [0.1, 0.15) is 6.04 Å². The minimum atomic E-state index is -0.714. The Morgan fingerprint density at radius 1 is 1.69 bits per heavy atom. The predicted octanol–water partition coefficient (Wildman–Crippen LogP) is 0.998. The molecule has 0 aliphatic carbocycles. The van der Waals surface area contributed by atoms with Crippen molar-refractivity contribution in [1.82, 2.24) is 5.32 Å². The normalized spacial score (nSPS) is 44.4. The van der Waals surface area contributed by atoms with Gasteiger partial charge in [-0.25, -0.2) is 0 Å². The fourth-order valence-corrected chi connectivity index (χ4v) is 5.03. The van der Waals surface area contributed by atoms with Crippen LogP contribution in [0.25, 0.3) is 0 Å². The van der Waals surface area contributed by atoms with Crippen molar-refractivity contribution in [3.8, 4) is 0 Å². The van der Waals surface area contributed by atoms with Gasteiger partial charge >= 0.3 is 5.97 Å². The van der Waals surface area contributed by atoms with E-state index < -0.39 is 5.97 Å². The molecule has 2 fully saturated rings. The summed E-state index contributed by atoms with van der Waals surface area (Å²) in [5.41, 5.74) is 0. The summed E-state index contributed by atoms with van der Waals surface area (Å²) in [5.74, 6) is 1.14. The van der Waals surface area contributed by atoms with Gasteiger partial charge < -0.3 is 5.11 Å². The molecule has 1 spiro atoms. The maximum Gasteiger partial charge on any atom is 0.321 e. The fraction of sp³-hybridized carbons (Fsp3) is 0.875. The number of nitrogens with one attached hydrogen (secondary N) is 1. The molecular formula is C8H13NO2S2. The molecule has 2 aliphatic heterocycles. The lowest BCUT2D eigenvalue weighted by molar-refractivity contribution is -0.138. The van der Waals surface area contributed by atoms with E-state index in [9.17, 15) is 4.79 Å². The van der Waals surface area contributed by atoms with Crippen molar-refractivity contribution in [1.29, 1.82) is 0 Å². The molecule has 0 aromatic rings. The third-order valence-electron chi connectivity index (χ3n) is 2.72. The van der Waals surface area contributed by atoms with Gasteiger partial charge in [0, 0.05) is 11.0 Å². The molecule has 3 nitrogen and oxygen atoms in total. The van der Waals surface area contributed by atoms with Crippen LogP contribution >= 0.6 is 23.5 Å². The molecule has 74 valence electrons. The summed E-state index contributed by atoms with van der Waals surface area (Å²) >= 11 is 3.71. The van der Waals surface area contributed by atoms with E-state index in [4.69, 9.17) is 5.11 Å². The first-order valence-electron chi connectivity index (χ1n) is 4.40. The summed E-state index contributed by atoms with van der Waals surface area (Å²) < 4.78 is 0. The van der Waals surface area contributed by atoms with Crippen LogP contribution in [0, 0.1) is 0 Å². The van der Waals surface area contributed by atoms with Crippen LogP contribution in [0.2, 0.25) is 0 Å². The second-order valence-corrected chi connectivity index (χ2v) is 6.30. The zero-order valence-electron chi connectivity index (χ0n) is 7.45. The second kappa shape index (κ2) is 3.37. The Hall–Kier alpha value is 0.130. The maximum atomic E-state index is 10.8. The number of hydrogen-bond donors (Lipinski definition) is 2. The molecule has 0 bridgehead atoms. The Morgan fingerprint density at radius 3 is 2.92 bits per heavy atom. The van der Waals surface area contributed by atoms with Crippen molar-refractivity contribution < 1.29 is 9.90 Å². The third kappa shape index (κ3) is 1.57. The van der Waals surface area contributed by atoms with Crippen molar-refractivity contribution in [2.24, 2.45) is 0 Å². The minimum Gasteiger partial charge on any atom is -0.480 e. The highest BCUT2D eigenvalue weighted by Crippen LogP contribution is 2.46. The van der Waals surface area contributed by atoms with Crippen LogP contribution in [0.4, 0.5) is 0 Å². The van der Waals surface area contributed by atoms with Crippen LogP contribution in [0.15, 0.2) is 0 Å². The lowest BCUT2D eigenvalue weighted by Gasteiger charge is -2.27. The first-order chi connectivity index (χ1) is 6.14. The van der Waals surface area contributed by atoms with Crippen LogP contribution in [0.1, 0.15) is 13.3 Å². The summed E-state index contributed by atoms with van der Waals surface area (Å²) in [4.78, 5) is 10.8.